The average molecular weight is 256 g/mol. The Morgan fingerprint density at radius 1 is 1.53 bits per heavy atom. The molecule has 1 rings (SSSR count). The Bertz CT molecular complexity index is 338. The lowest BCUT2D eigenvalue weighted by Crippen LogP contribution is -2.41. The highest BCUT2D eigenvalue weighted by molar-refractivity contribution is 7.10. The van der Waals surface area contributed by atoms with E-state index in [1.807, 2.05) is 14.0 Å². The van der Waals surface area contributed by atoms with Crippen molar-refractivity contribution in [1.29, 1.82) is 0 Å². The zero-order chi connectivity index (χ0) is 13.0. The topological polar surface area (TPSA) is 49.5 Å². The standard InChI is InChI=1S/C13H24N2OS/c1-5-11(14)12(15(4)8-10(3)16)13-9(2)6-7-17-13/h6-7,10-12,16H,5,8,14H2,1-4H3. The van der Waals surface area contributed by atoms with Crippen LogP contribution in [0.5, 0.6) is 0 Å². The van der Waals surface area contributed by atoms with Gasteiger partial charge < -0.3 is 10.8 Å². The molecular weight excluding hydrogens is 232 g/mol. The van der Waals surface area contributed by atoms with Crippen LogP contribution in [-0.4, -0.2) is 35.7 Å². The van der Waals surface area contributed by atoms with Gasteiger partial charge in [-0.2, -0.15) is 0 Å². The van der Waals surface area contributed by atoms with Crippen molar-refractivity contribution >= 4 is 11.3 Å². The van der Waals surface area contributed by atoms with Gasteiger partial charge in [0.15, 0.2) is 0 Å². The van der Waals surface area contributed by atoms with Crippen molar-refractivity contribution in [1.82, 2.24) is 4.90 Å². The largest absolute Gasteiger partial charge is 0.392 e. The van der Waals surface area contributed by atoms with Gasteiger partial charge in [0, 0.05) is 17.5 Å². The van der Waals surface area contributed by atoms with Crippen LogP contribution in [0.1, 0.15) is 36.8 Å². The monoisotopic (exact) mass is 256 g/mol. The van der Waals surface area contributed by atoms with Gasteiger partial charge in [0.05, 0.1) is 12.1 Å². The number of hydrogen-bond donors (Lipinski definition) is 2. The second-order valence-corrected chi connectivity index (χ2v) is 5.72. The van der Waals surface area contributed by atoms with Crippen LogP contribution in [0, 0.1) is 6.92 Å². The average Bonchev–Trinajstić information content (AvgIpc) is 2.64. The number of aryl methyl sites for hydroxylation is 1. The van der Waals surface area contributed by atoms with Gasteiger partial charge >= 0.3 is 0 Å². The van der Waals surface area contributed by atoms with Crippen molar-refractivity contribution in [3.8, 4) is 0 Å². The Morgan fingerprint density at radius 3 is 2.59 bits per heavy atom. The molecule has 1 aromatic rings. The number of aliphatic hydroxyl groups excluding tert-OH is 1. The van der Waals surface area contributed by atoms with Crippen molar-refractivity contribution in [3.05, 3.63) is 21.9 Å². The summed E-state index contributed by atoms with van der Waals surface area (Å²) in [5, 5.41) is 11.6. The summed E-state index contributed by atoms with van der Waals surface area (Å²) < 4.78 is 0. The maximum absolute atomic E-state index is 9.51. The van der Waals surface area contributed by atoms with Crippen LogP contribution in [0.25, 0.3) is 0 Å². The van der Waals surface area contributed by atoms with E-state index in [1.165, 1.54) is 10.4 Å². The Labute approximate surface area is 108 Å². The first-order valence-electron chi connectivity index (χ1n) is 6.15. The third-order valence-corrected chi connectivity index (χ3v) is 4.16. The van der Waals surface area contributed by atoms with E-state index in [0.29, 0.717) is 6.54 Å². The molecule has 1 aromatic heterocycles. The Hall–Kier alpha value is -0.420. The lowest BCUT2D eigenvalue weighted by Gasteiger charge is -2.33. The van der Waals surface area contributed by atoms with Gasteiger partial charge in [-0.05, 0) is 44.3 Å². The molecule has 0 spiro atoms. The molecule has 0 aliphatic rings. The molecule has 3 atom stereocenters. The van der Waals surface area contributed by atoms with E-state index < -0.39 is 0 Å². The molecule has 4 heteroatoms. The molecule has 17 heavy (non-hydrogen) atoms. The summed E-state index contributed by atoms with van der Waals surface area (Å²) in [6.45, 7) is 6.69. The summed E-state index contributed by atoms with van der Waals surface area (Å²) in [6.07, 6.45) is 0.610. The molecule has 0 aliphatic carbocycles. The number of nitrogens with two attached hydrogens (primary N) is 1. The fourth-order valence-electron chi connectivity index (χ4n) is 2.16. The third kappa shape index (κ3) is 3.78. The highest BCUT2D eigenvalue weighted by Gasteiger charge is 2.26. The summed E-state index contributed by atoms with van der Waals surface area (Å²) in [7, 11) is 2.03. The van der Waals surface area contributed by atoms with Crippen LogP contribution >= 0.6 is 11.3 Å². The zero-order valence-corrected chi connectivity index (χ0v) is 12.0. The van der Waals surface area contributed by atoms with E-state index in [2.05, 4.69) is 30.2 Å². The number of aliphatic hydroxyl groups is 1. The van der Waals surface area contributed by atoms with Crippen LogP contribution in [0.15, 0.2) is 11.4 Å². The van der Waals surface area contributed by atoms with Gasteiger partial charge in [-0.15, -0.1) is 11.3 Å². The number of hydrogen-bond acceptors (Lipinski definition) is 4. The van der Waals surface area contributed by atoms with Crippen LogP contribution in [0.3, 0.4) is 0 Å². The molecule has 0 fully saturated rings. The van der Waals surface area contributed by atoms with Crippen molar-refractivity contribution in [3.63, 3.8) is 0 Å². The summed E-state index contributed by atoms with van der Waals surface area (Å²) >= 11 is 1.75. The molecule has 98 valence electrons. The summed E-state index contributed by atoms with van der Waals surface area (Å²) in [6, 6.07) is 2.44. The van der Waals surface area contributed by atoms with E-state index >= 15 is 0 Å². The SMILES string of the molecule is CCC(N)C(c1sccc1C)N(C)CC(C)O. The fraction of sp³-hybridized carbons (Fsp3) is 0.692. The Kier molecular flexibility index (Phi) is 5.59. The molecule has 3 nitrogen and oxygen atoms in total. The smallest absolute Gasteiger partial charge is 0.0639 e. The predicted octanol–water partition coefficient (Wildman–Crippen LogP) is 2.15. The minimum Gasteiger partial charge on any atom is -0.392 e. The zero-order valence-electron chi connectivity index (χ0n) is 11.2. The molecule has 0 saturated heterocycles. The normalized spacial score (nSPS) is 17.1. The minimum atomic E-state index is -0.327. The lowest BCUT2D eigenvalue weighted by molar-refractivity contribution is 0.108. The molecule has 0 radical (unpaired) electrons. The van der Waals surface area contributed by atoms with Gasteiger partial charge in [0.25, 0.3) is 0 Å². The molecule has 3 unspecified atom stereocenters. The summed E-state index contributed by atoms with van der Waals surface area (Å²) in [5.41, 5.74) is 7.53. The molecule has 0 saturated carbocycles. The number of rotatable bonds is 6. The van der Waals surface area contributed by atoms with Crippen LogP contribution in [0.4, 0.5) is 0 Å². The van der Waals surface area contributed by atoms with E-state index in [4.69, 9.17) is 5.73 Å². The molecule has 0 bridgehead atoms. The molecule has 3 N–H and O–H groups in total. The second-order valence-electron chi connectivity index (χ2n) is 4.77. The maximum atomic E-state index is 9.51. The van der Waals surface area contributed by atoms with Gasteiger partial charge in [-0.1, -0.05) is 6.92 Å². The summed E-state index contributed by atoms with van der Waals surface area (Å²) in [5.74, 6) is 0. The van der Waals surface area contributed by atoms with E-state index in [1.54, 1.807) is 11.3 Å². The van der Waals surface area contributed by atoms with E-state index in [9.17, 15) is 5.11 Å². The van der Waals surface area contributed by atoms with Crippen molar-refractivity contribution in [2.24, 2.45) is 5.73 Å². The van der Waals surface area contributed by atoms with Gasteiger partial charge in [-0.3, -0.25) is 4.90 Å². The second kappa shape index (κ2) is 6.50. The first-order chi connectivity index (χ1) is 7.97. The third-order valence-electron chi connectivity index (χ3n) is 3.07. The van der Waals surface area contributed by atoms with Crippen molar-refractivity contribution < 1.29 is 5.11 Å². The van der Waals surface area contributed by atoms with Gasteiger partial charge in [0.2, 0.25) is 0 Å². The van der Waals surface area contributed by atoms with Gasteiger partial charge in [0.1, 0.15) is 0 Å². The van der Waals surface area contributed by atoms with E-state index in [0.717, 1.165) is 6.42 Å². The highest BCUT2D eigenvalue weighted by Crippen LogP contribution is 2.31. The number of thiophene rings is 1. The minimum absolute atomic E-state index is 0.107. The Morgan fingerprint density at radius 2 is 2.18 bits per heavy atom. The van der Waals surface area contributed by atoms with Crippen LogP contribution in [-0.2, 0) is 0 Å². The summed E-state index contributed by atoms with van der Waals surface area (Å²) in [4.78, 5) is 3.49. The fourth-order valence-corrected chi connectivity index (χ4v) is 3.33. The Balaban J connectivity index is 2.92. The molecule has 0 aromatic carbocycles. The number of nitrogens with zero attached hydrogens (tertiary/aromatic N) is 1. The highest BCUT2D eigenvalue weighted by atomic mass is 32.1. The molecule has 0 aliphatic heterocycles. The first kappa shape index (κ1) is 14.6. The lowest BCUT2D eigenvalue weighted by atomic mass is 10.0. The molecule has 0 amide bonds. The van der Waals surface area contributed by atoms with Crippen LogP contribution < -0.4 is 5.73 Å². The van der Waals surface area contributed by atoms with Crippen molar-refractivity contribution in [2.75, 3.05) is 13.6 Å². The maximum Gasteiger partial charge on any atom is 0.0639 e. The van der Waals surface area contributed by atoms with Gasteiger partial charge in [-0.25, -0.2) is 0 Å². The van der Waals surface area contributed by atoms with Crippen molar-refractivity contribution in [2.45, 2.75) is 45.4 Å². The predicted molar refractivity (Wildman–Crippen MR) is 74.4 cm³/mol. The van der Waals surface area contributed by atoms with Crippen LogP contribution in [0.2, 0.25) is 0 Å². The quantitative estimate of drug-likeness (QED) is 0.820. The number of likely N-dealkylation sites (N-methyl/N-ethyl adjacent to an activating group) is 1. The molecule has 1 heterocycles. The molecular formula is C13H24N2OS. The first-order valence-corrected chi connectivity index (χ1v) is 7.03. The van der Waals surface area contributed by atoms with E-state index in [-0.39, 0.29) is 18.2 Å².